The molecule has 4 heteroatoms. The Labute approximate surface area is 142 Å². The quantitative estimate of drug-likeness (QED) is 0.942. The summed E-state index contributed by atoms with van der Waals surface area (Å²) in [7, 11) is 1.64. The van der Waals surface area contributed by atoms with Crippen molar-refractivity contribution in [3.05, 3.63) is 71.8 Å². The first kappa shape index (κ1) is 16.3. The third kappa shape index (κ3) is 3.19. The van der Waals surface area contributed by atoms with Crippen LogP contribution in [0.4, 0.5) is 0 Å². The molecule has 1 unspecified atom stereocenters. The van der Waals surface area contributed by atoms with Gasteiger partial charge in [-0.25, -0.2) is 0 Å². The molecular weight excluding hydrogens is 302 g/mol. The number of ether oxygens (including phenoxy) is 1. The Morgan fingerprint density at radius 3 is 2.38 bits per heavy atom. The van der Waals surface area contributed by atoms with Gasteiger partial charge in [-0.15, -0.1) is 0 Å². The predicted octanol–water partition coefficient (Wildman–Crippen LogP) is 3.39. The Morgan fingerprint density at radius 1 is 1.12 bits per heavy atom. The van der Waals surface area contributed by atoms with E-state index in [4.69, 9.17) is 4.74 Å². The second-order valence-corrected chi connectivity index (χ2v) is 5.90. The van der Waals surface area contributed by atoms with Crippen molar-refractivity contribution in [1.29, 1.82) is 0 Å². The maximum absolute atomic E-state index is 12.0. The van der Waals surface area contributed by atoms with Gasteiger partial charge in [-0.1, -0.05) is 48.5 Å². The number of benzene rings is 2. The van der Waals surface area contributed by atoms with Gasteiger partial charge in [-0.2, -0.15) is 0 Å². The second-order valence-electron chi connectivity index (χ2n) is 5.90. The molecule has 2 atom stereocenters. The van der Waals surface area contributed by atoms with Crippen LogP contribution in [0.25, 0.3) is 5.70 Å². The molecule has 1 heterocycles. The Kier molecular flexibility index (Phi) is 4.67. The summed E-state index contributed by atoms with van der Waals surface area (Å²) in [6.07, 6.45) is 1.70. The summed E-state index contributed by atoms with van der Waals surface area (Å²) < 4.78 is 5.20. The summed E-state index contributed by atoms with van der Waals surface area (Å²) in [6.45, 7) is 1.48. The molecule has 0 saturated heterocycles. The molecule has 3 rings (SSSR count). The number of aliphatic hydroxyl groups excluding tert-OH is 1. The van der Waals surface area contributed by atoms with Crippen molar-refractivity contribution in [3.63, 3.8) is 0 Å². The van der Waals surface area contributed by atoms with Gasteiger partial charge in [-0.05, 0) is 23.3 Å². The van der Waals surface area contributed by atoms with Crippen LogP contribution in [0.2, 0.25) is 0 Å². The molecule has 0 fully saturated rings. The molecule has 1 aliphatic rings. The van der Waals surface area contributed by atoms with Crippen LogP contribution in [0.5, 0.6) is 5.75 Å². The fourth-order valence-electron chi connectivity index (χ4n) is 3.14. The van der Waals surface area contributed by atoms with Gasteiger partial charge in [0, 0.05) is 19.3 Å². The normalized spacial score (nSPS) is 20.5. The first-order chi connectivity index (χ1) is 11.6. The zero-order valence-electron chi connectivity index (χ0n) is 13.8. The highest BCUT2D eigenvalue weighted by Crippen LogP contribution is 2.36. The number of aliphatic hydroxyl groups is 1. The van der Waals surface area contributed by atoms with E-state index in [-0.39, 0.29) is 11.8 Å². The van der Waals surface area contributed by atoms with E-state index in [1.165, 1.54) is 11.8 Å². The van der Waals surface area contributed by atoms with Crippen molar-refractivity contribution < 1.29 is 14.6 Å². The van der Waals surface area contributed by atoms with Crippen molar-refractivity contribution in [1.82, 2.24) is 4.90 Å². The third-order valence-electron chi connectivity index (χ3n) is 4.33. The number of rotatable bonds is 3. The lowest BCUT2D eigenvalue weighted by Crippen LogP contribution is -2.41. The largest absolute Gasteiger partial charge is 0.497 e. The van der Waals surface area contributed by atoms with Gasteiger partial charge in [-0.3, -0.25) is 9.69 Å². The van der Waals surface area contributed by atoms with E-state index in [1.807, 2.05) is 54.6 Å². The predicted molar refractivity (Wildman–Crippen MR) is 93.3 cm³/mol. The molecule has 1 N–H and O–H groups in total. The molecule has 0 radical (unpaired) electrons. The lowest BCUT2D eigenvalue weighted by Gasteiger charge is -2.36. The number of hydrogen-bond donors (Lipinski definition) is 1. The number of carbonyl (C=O) groups excluding carboxylic acids is 1. The maximum Gasteiger partial charge on any atom is 0.225 e. The molecule has 0 spiro atoms. The molecule has 1 amide bonds. The summed E-state index contributed by atoms with van der Waals surface area (Å²) in [6, 6.07) is 17.5. The van der Waals surface area contributed by atoms with Gasteiger partial charge in [0.15, 0.2) is 0 Å². The molecule has 124 valence electrons. The first-order valence-electron chi connectivity index (χ1n) is 7.99. The zero-order chi connectivity index (χ0) is 17.1. The standard InChI is InChI=1S/C20H21NO3/c1-14(22)21-19(16-6-4-3-5-7-16)12-17(13-20(21)23)15-8-10-18(24-2)11-9-15/h3-12,17,20,23H,13H2,1-2H3/t17-,20?/m0/s1. The summed E-state index contributed by atoms with van der Waals surface area (Å²) >= 11 is 0. The SMILES string of the molecule is COc1ccc([C@H]2C=C(c3ccccc3)N(C(C)=O)C(O)C2)cc1. The van der Waals surface area contributed by atoms with Gasteiger partial charge in [0.2, 0.25) is 5.91 Å². The monoisotopic (exact) mass is 323 g/mol. The summed E-state index contributed by atoms with van der Waals surface area (Å²) in [5.41, 5.74) is 2.76. The molecule has 0 aliphatic carbocycles. The lowest BCUT2D eigenvalue weighted by atomic mass is 9.89. The lowest BCUT2D eigenvalue weighted by molar-refractivity contribution is -0.133. The van der Waals surface area contributed by atoms with Crippen molar-refractivity contribution in [2.24, 2.45) is 0 Å². The van der Waals surface area contributed by atoms with E-state index in [0.717, 1.165) is 22.6 Å². The molecule has 24 heavy (non-hydrogen) atoms. The number of amides is 1. The topological polar surface area (TPSA) is 49.8 Å². The van der Waals surface area contributed by atoms with Crippen LogP contribution in [0.1, 0.15) is 30.4 Å². The maximum atomic E-state index is 12.0. The third-order valence-corrected chi connectivity index (χ3v) is 4.33. The van der Waals surface area contributed by atoms with E-state index in [1.54, 1.807) is 7.11 Å². The van der Waals surface area contributed by atoms with Crippen molar-refractivity contribution in [3.8, 4) is 5.75 Å². The fraction of sp³-hybridized carbons (Fsp3) is 0.250. The molecule has 4 nitrogen and oxygen atoms in total. The Morgan fingerprint density at radius 2 is 1.79 bits per heavy atom. The minimum absolute atomic E-state index is 0.0386. The van der Waals surface area contributed by atoms with Crippen LogP contribution < -0.4 is 4.74 Å². The van der Waals surface area contributed by atoms with Gasteiger partial charge in [0.1, 0.15) is 12.0 Å². The highest BCUT2D eigenvalue weighted by atomic mass is 16.5. The highest BCUT2D eigenvalue weighted by Gasteiger charge is 2.31. The van der Waals surface area contributed by atoms with Crippen LogP contribution in [0.3, 0.4) is 0 Å². The molecule has 0 saturated carbocycles. The van der Waals surface area contributed by atoms with Crippen LogP contribution in [-0.4, -0.2) is 29.3 Å². The smallest absolute Gasteiger partial charge is 0.225 e. The van der Waals surface area contributed by atoms with E-state index in [9.17, 15) is 9.90 Å². The van der Waals surface area contributed by atoms with Crippen LogP contribution >= 0.6 is 0 Å². The molecule has 0 aromatic heterocycles. The minimum Gasteiger partial charge on any atom is -0.497 e. The van der Waals surface area contributed by atoms with Gasteiger partial charge in [0.25, 0.3) is 0 Å². The number of methoxy groups -OCH3 is 1. The van der Waals surface area contributed by atoms with Gasteiger partial charge in [0.05, 0.1) is 12.8 Å². The summed E-state index contributed by atoms with van der Waals surface area (Å²) in [4.78, 5) is 13.5. The minimum atomic E-state index is -0.838. The van der Waals surface area contributed by atoms with Crippen LogP contribution in [-0.2, 0) is 4.79 Å². The fourth-order valence-corrected chi connectivity index (χ4v) is 3.14. The van der Waals surface area contributed by atoms with Crippen LogP contribution in [0, 0.1) is 0 Å². The molecule has 2 aromatic carbocycles. The van der Waals surface area contributed by atoms with E-state index >= 15 is 0 Å². The number of allylic oxidation sites excluding steroid dienone is 1. The molecule has 1 aliphatic heterocycles. The number of carbonyl (C=O) groups is 1. The van der Waals surface area contributed by atoms with Crippen molar-refractivity contribution >= 4 is 11.6 Å². The molecule has 0 bridgehead atoms. The molecule has 2 aromatic rings. The zero-order valence-corrected chi connectivity index (χ0v) is 13.8. The highest BCUT2D eigenvalue weighted by molar-refractivity contribution is 5.86. The Bertz CT molecular complexity index is 737. The molecular formula is C20H21NO3. The van der Waals surface area contributed by atoms with E-state index < -0.39 is 6.23 Å². The summed E-state index contributed by atoms with van der Waals surface area (Å²) in [5, 5.41) is 10.5. The average Bonchev–Trinajstić information content (AvgIpc) is 2.61. The van der Waals surface area contributed by atoms with Crippen molar-refractivity contribution in [2.45, 2.75) is 25.5 Å². The van der Waals surface area contributed by atoms with E-state index in [2.05, 4.69) is 6.08 Å². The Hall–Kier alpha value is -2.59. The number of nitrogens with zero attached hydrogens (tertiary/aromatic N) is 1. The van der Waals surface area contributed by atoms with Crippen LogP contribution in [0.15, 0.2) is 60.7 Å². The first-order valence-corrected chi connectivity index (χ1v) is 7.99. The average molecular weight is 323 g/mol. The van der Waals surface area contributed by atoms with Gasteiger partial charge < -0.3 is 9.84 Å². The summed E-state index contributed by atoms with van der Waals surface area (Å²) in [5.74, 6) is 0.676. The second kappa shape index (κ2) is 6.89. The van der Waals surface area contributed by atoms with Crippen molar-refractivity contribution in [2.75, 3.05) is 7.11 Å². The van der Waals surface area contributed by atoms with Gasteiger partial charge >= 0.3 is 0 Å². The Balaban J connectivity index is 2.02. The van der Waals surface area contributed by atoms with E-state index in [0.29, 0.717) is 6.42 Å². The number of hydrogen-bond acceptors (Lipinski definition) is 3.